The van der Waals surface area contributed by atoms with E-state index in [1.807, 2.05) is 0 Å². The van der Waals surface area contributed by atoms with Crippen molar-refractivity contribution >= 4 is 29.5 Å². The number of carboxylic acid groups (broad SMARTS) is 1. The normalized spacial score (nSPS) is 20.2. The highest BCUT2D eigenvalue weighted by atomic mass is 32.2. The maximum atomic E-state index is 10.8. The molecule has 0 radical (unpaired) electrons. The van der Waals surface area contributed by atoms with Crippen molar-refractivity contribution in [3.8, 4) is 11.1 Å². The number of fused-ring (bicyclic) bond motifs is 1. The van der Waals surface area contributed by atoms with Crippen molar-refractivity contribution in [2.24, 2.45) is 0 Å². The van der Waals surface area contributed by atoms with Crippen LogP contribution >= 0.6 is 23.5 Å². The van der Waals surface area contributed by atoms with E-state index in [0.29, 0.717) is 23.5 Å². The Labute approximate surface area is 180 Å². The number of hydrogen-bond donors (Lipinski definition) is 1. The molecule has 150 valence electrons. The summed E-state index contributed by atoms with van der Waals surface area (Å²) in [5.41, 5.74) is 6.26. The predicted octanol–water partition coefficient (Wildman–Crippen LogP) is 6.31. The van der Waals surface area contributed by atoms with Gasteiger partial charge in [0.15, 0.2) is 5.09 Å². The van der Waals surface area contributed by atoms with Crippen LogP contribution in [-0.2, 0) is 16.1 Å². The summed E-state index contributed by atoms with van der Waals surface area (Å²) in [6, 6.07) is 15.0. The Morgan fingerprint density at radius 3 is 2.48 bits per heavy atom. The van der Waals surface area contributed by atoms with Crippen LogP contribution in [0.25, 0.3) is 11.1 Å². The average Bonchev–Trinajstić information content (AvgIpc) is 3.23. The third kappa shape index (κ3) is 4.73. The molecule has 1 N–H and O–H groups in total. The van der Waals surface area contributed by atoms with E-state index in [9.17, 15) is 4.79 Å². The predicted molar refractivity (Wildman–Crippen MR) is 122 cm³/mol. The van der Waals surface area contributed by atoms with Crippen molar-refractivity contribution in [1.29, 1.82) is 0 Å². The molecule has 5 heteroatoms. The number of aryl methyl sites for hydroxylation is 2. The van der Waals surface area contributed by atoms with Gasteiger partial charge in [0.25, 0.3) is 0 Å². The number of aliphatic carboxylic acids is 1. The highest BCUT2D eigenvalue weighted by Gasteiger charge is 2.34. The van der Waals surface area contributed by atoms with E-state index >= 15 is 0 Å². The van der Waals surface area contributed by atoms with E-state index in [-0.39, 0.29) is 6.42 Å². The molecule has 2 aromatic rings. The van der Waals surface area contributed by atoms with E-state index in [0.717, 1.165) is 10.7 Å². The number of carboxylic acids is 1. The van der Waals surface area contributed by atoms with E-state index in [2.05, 4.69) is 68.5 Å². The molecule has 0 aliphatic carbocycles. The quantitative estimate of drug-likeness (QED) is 0.564. The van der Waals surface area contributed by atoms with Crippen LogP contribution in [-0.4, -0.2) is 21.6 Å². The van der Waals surface area contributed by atoms with Crippen molar-refractivity contribution in [3.63, 3.8) is 0 Å². The highest BCUT2D eigenvalue weighted by Crippen LogP contribution is 2.49. The molecule has 4 rings (SSSR count). The first kappa shape index (κ1) is 20.2. The monoisotopic (exact) mass is 424 g/mol. The molecule has 2 heterocycles. The Bertz CT molecular complexity index is 973. The summed E-state index contributed by atoms with van der Waals surface area (Å²) in [5.74, 6) is -0.737. The number of rotatable bonds is 7. The first-order chi connectivity index (χ1) is 14.0. The van der Waals surface area contributed by atoms with Gasteiger partial charge in [0.2, 0.25) is 0 Å². The van der Waals surface area contributed by atoms with Gasteiger partial charge in [-0.05, 0) is 65.1 Å². The van der Waals surface area contributed by atoms with Gasteiger partial charge in [-0.15, -0.1) is 11.8 Å². The fraction of sp³-hybridized carbons (Fsp3) is 0.292. The molecule has 0 spiro atoms. The lowest BCUT2D eigenvalue weighted by Crippen LogP contribution is -2.04. The average molecular weight is 425 g/mol. The molecule has 0 aromatic heterocycles. The molecular weight excluding hydrogens is 400 g/mol. The number of thioether (sulfide) groups is 2. The van der Waals surface area contributed by atoms with Crippen LogP contribution in [0.1, 0.15) is 29.5 Å². The number of allylic oxidation sites excluding steroid dienone is 1. The van der Waals surface area contributed by atoms with Crippen molar-refractivity contribution in [2.75, 3.05) is 0 Å². The first-order valence-electron chi connectivity index (χ1n) is 9.75. The molecule has 2 aliphatic heterocycles. The smallest absolute Gasteiger partial charge is 0.303 e. The van der Waals surface area contributed by atoms with Crippen molar-refractivity contribution in [3.05, 3.63) is 81.3 Å². The standard InChI is InChI=1S/C24H24O3S2/c1-15-5-3-6-16(2)24(15)18-8-4-7-17(11-18)14-27-23-13-21-20(29-23)12-19(28-21)9-10-22(25)26/h3-8,11-13,20-21H,9-10,14H2,1-2H3,(H,25,26). The lowest BCUT2D eigenvalue weighted by atomic mass is 9.95. The third-order valence-electron chi connectivity index (χ3n) is 5.18. The van der Waals surface area contributed by atoms with Gasteiger partial charge in [-0.2, -0.15) is 0 Å². The summed E-state index contributed by atoms with van der Waals surface area (Å²) in [6.07, 6.45) is 5.21. The van der Waals surface area contributed by atoms with Gasteiger partial charge in [-0.1, -0.05) is 54.2 Å². The minimum atomic E-state index is -0.737. The highest BCUT2D eigenvalue weighted by molar-refractivity contribution is 8.09. The Morgan fingerprint density at radius 1 is 1.03 bits per heavy atom. The number of carbonyl (C=O) groups is 1. The molecular formula is C24H24O3S2. The molecule has 0 amide bonds. The number of benzene rings is 2. The lowest BCUT2D eigenvalue weighted by Gasteiger charge is -2.12. The Morgan fingerprint density at radius 2 is 1.76 bits per heavy atom. The number of hydrogen-bond acceptors (Lipinski definition) is 4. The van der Waals surface area contributed by atoms with Crippen LogP contribution in [0.3, 0.4) is 0 Å². The molecule has 0 fully saturated rings. The van der Waals surface area contributed by atoms with Crippen molar-refractivity contribution in [2.45, 2.75) is 43.8 Å². The largest absolute Gasteiger partial charge is 0.483 e. The first-order valence-corrected chi connectivity index (χ1v) is 11.5. The molecule has 3 nitrogen and oxygen atoms in total. The summed E-state index contributed by atoms with van der Waals surface area (Å²) in [7, 11) is 0. The molecule has 0 bridgehead atoms. The van der Waals surface area contributed by atoms with Gasteiger partial charge in [-0.25, -0.2) is 0 Å². The van der Waals surface area contributed by atoms with E-state index in [4.69, 9.17) is 9.84 Å². The minimum Gasteiger partial charge on any atom is -0.483 e. The number of ether oxygens (including phenoxy) is 1. The van der Waals surface area contributed by atoms with Gasteiger partial charge in [0.05, 0.1) is 0 Å². The van der Waals surface area contributed by atoms with Crippen LogP contribution in [0, 0.1) is 13.8 Å². The van der Waals surface area contributed by atoms with Crippen molar-refractivity contribution in [1.82, 2.24) is 0 Å². The van der Waals surface area contributed by atoms with Gasteiger partial charge in [-0.3, -0.25) is 4.79 Å². The molecule has 2 aliphatic rings. The Hall–Kier alpha value is -2.11. The molecule has 29 heavy (non-hydrogen) atoms. The van der Waals surface area contributed by atoms with Crippen LogP contribution in [0.15, 0.2) is 64.6 Å². The van der Waals surface area contributed by atoms with Gasteiger partial charge < -0.3 is 9.84 Å². The topological polar surface area (TPSA) is 46.5 Å². The summed E-state index contributed by atoms with van der Waals surface area (Å²) in [6.45, 7) is 4.86. The van der Waals surface area contributed by atoms with E-state index < -0.39 is 5.97 Å². The third-order valence-corrected chi connectivity index (χ3v) is 7.88. The summed E-state index contributed by atoms with van der Waals surface area (Å²) >= 11 is 3.51. The van der Waals surface area contributed by atoms with Crippen LogP contribution in [0.2, 0.25) is 0 Å². The Kier molecular flexibility index (Phi) is 6.07. The second-order valence-electron chi connectivity index (χ2n) is 7.43. The summed E-state index contributed by atoms with van der Waals surface area (Å²) in [4.78, 5) is 11.9. The van der Waals surface area contributed by atoms with Gasteiger partial charge >= 0.3 is 5.97 Å². The van der Waals surface area contributed by atoms with Gasteiger partial charge in [0.1, 0.15) is 6.61 Å². The van der Waals surface area contributed by atoms with E-state index in [1.54, 1.807) is 23.5 Å². The SMILES string of the molecule is Cc1cccc(C)c1-c1cccc(COC2=CC3SC(CCC(=O)O)=CC3S2)c1. The van der Waals surface area contributed by atoms with Gasteiger partial charge in [0, 0.05) is 16.9 Å². The minimum absolute atomic E-state index is 0.201. The second-order valence-corrected chi connectivity index (χ2v) is 9.92. The zero-order chi connectivity index (χ0) is 20.4. The van der Waals surface area contributed by atoms with E-state index in [1.165, 1.54) is 27.2 Å². The second kappa shape index (κ2) is 8.72. The summed E-state index contributed by atoms with van der Waals surface area (Å²) < 4.78 is 6.10. The molecule has 0 saturated heterocycles. The van der Waals surface area contributed by atoms with Crippen LogP contribution in [0.5, 0.6) is 0 Å². The zero-order valence-electron chi connectivity index (χ0n) is 16.6. The van der Waals surface area contributed by atoms with Crippen LogP contribution in [0.4, 0.5) is 0 Å². The maximum absolute atomic E-state index is 10.8. The fourth-order valence-corrected chi connectivity index (χ4v) is 6.56. The lowest BCUT2D eigenvalue weighted by molar-refractivity contribution is -0.136. The maximum Gasteiger partial charge on any atom is 0.303 e. The van der Waals surface area contributed by atoms with Crippen LogP contribution < -0.4 is 0 Å². The summed E-state index contributed by atoms with van der Waals surface area (Å²) in [5, 5.41) is 10.5. The van der Waals surface area contributed by atoms with Crippen molar-refractivity contribution < 1.29 is 14.6 Å². The molecule has 0 saturated carbocycles. The molecule has 2 unspecified atom stereocenters. The fourth-order valence-electron chi connectivity index (χ4n) is 3.79. The molecule has 2 atom stereocenters. The zero-order valence-corrected chi connectivity index (χ0v) is 18.2. The molecule has 2 aromatic carbocycles. The Balaban J connectivity index is 1.37.